The lowest BCUT2D eigenvalue weighted by Gasteiger charge is -2.38. The molecule has 2 heterocycles. The van der Waals surface area contributed by atoms with Crippen molar-refractivity contribution in [3.63, 3.8) is 0 Å². The largest absolute Gasteiger partial charge is 0.480 e. The van der Waals surface area contributed by atoms with Gasteiger partial charge in [0.25, 0.3) is 0 Å². The van der Waals surface area contributed by atoms with Gasteiger partial charge in [-0.15, -0.1) is 0 Å². The highest BCUT2D eigenvalue weighted by Gasteiger charge is 2.50. The number of benzene rings is 1. The van der Waals surface area contributed by atoms with Crippen LogP contribution in [0.2, 0.25) is 0 Å². The van der Waals surface area contributed by atoms with Crippen molar-refractivity contribution in [2.24, 2.45) is 5.92 Å². The van der Waals surface area contributed by atoms with Gasteiger partial charge in [0.15, 0.2) is 0 Å². The van der Waals surface area contributed by atoms with Crippen LogP contribution in [0.15, 0.2) is 30.3 Å². The Bertz CT molecular complexity index is 985. The molecule has 0 saturated carbocycles. The normalized spacial score (nSPS) is 25.3. The number of carboxylic acids is 2. The molecule has 1 aromatic rings. The smallest absolute Gasteiger partial charge is 0.326 e. The number of aryl methyl sites for hydroxylation is 1. The molecule has 33 heavy (non-hydrogen) atoms. The molecule has 0 spiro atoms. The monoisotopic (exact) mass is 481 g/mol. The predicted molar refractivity (Wildman–Crippen MR) is 120 cm³/mol. The average Bonchev–Trinajstić information content (AvgIpc) is 3.15. The summed E-state index contributed by atoms with van der Waals surface area (Å²) in [5, 5.41) is 22.2. The number of carboxylic acid groups (broad SMARTS) is 2. The number of likely N-dealkylation sites (tertiary alicyclic amines) is 1. The van der Waals surface area contributed by atoms with Crippen molar-refractivity contribution in [1.29, 1.82) is 0 Å². The van der Waals surface area contributed by atoms with Crippen LogP contribution < -0.4 is 5.32 Å². The van der Waals surface area contributed by atoms with Crippen LogP contribution in [-0.2, 0) is 30.8 Å². The van der Waals surface area contributed by atoms with E-state index in [1.807, 2.05) is 30.3 Å². The molecule has 1 amide bonds. The third kappa shape index (κ3) is 5.90. The molecule has 3 N–H and O–H groups in total. The molecular formula is C22H31N3O7S. The van der Waals surface area contributed by atoms with Gasteiger partial charge in [-0.25, -0.2) is 17.5 Å². The Hall–Kier alpha value is -2.50. The lowest BCUT2D eigenvalue weighted by molar-refractivity contribution is -0.151. The fourth-order valence-electron chi connectivity index (χ4n) is 4.84. The first-order valence-corrected chi connectivity index (χ1v) is 12.9. The van der Waals surface area contributed by atoms with Gasteiger partial charge in [0.1, 0.15) is 12.1 Å². The Morgan fingerprint density at radius 1 is 1.18 bits per heavy atom. The predicted octanol–water partition coefficient (Wildman–Crippen LogP) is 0.386. The number of rotatable bonds is 9. The fourth-order valence-corrected chi connectivity index (χ4v) is 5.70. The van der Waals surface area contributed by atoms with Crippen LogP contribution in [0.25, 0.3) is 0 Å². The number of sulfonamides is 1. The van der Waals surface area contributed by atoms with Crippen LogP contribution in [0, 0.1) is 5.92 Å². The third-order valence-electron chi connectivity index (χ3n) is 6.60. The molecule has 0 radical (unpaired) electrons. The van der Waals surface area contributed by atoms with Crippen LogP contribution in [-0.4, -0.2) is 89.2 Å². The second-order valence-corrected chi connectivity index (χ2v) is 10.9. The summed E-state index contributed by atoms with van der Waals surface area (Å²) in [6.07, 6.45) is 2.58. The zero-order valence-electron chi connectivity index (χ0n) is 18.8. The summed E-state index contributed by atoms with van der Waals surface area (Å²) >= 11 is 0. The van der Waals surface area contributed by atoms with E-state index >= 15 is 0 Å². The summed E-state index contributed by atoms with van der Waals surface area (Å²) in [7, 11) is -3.48. The summed E-state index contributed by atoms with van der Waals surface area (Å²) in [5.41, 5.74) is 0.973. The molecule has 1 aromatic carbocycles. The van der Waals surface area contributed by atoms with Crippen molar-refractivity contribution < 1.29 is 33.0 Å². The van der Waals surface area contributed by atoms with Crippen LogP contribution in [0.5, 0.6) is 0 Å². The van der Waals surface area contributed by atoms with E-state index in [-0.39, 0.29) is 25.3 Å². The fraction of sp³-hybridized carbons (Fsp3) is 0.591. The molecule has 182 valence electrons. The van der Waals surface area contributed by atoms with Crippen LogP contribution >= 0.6 is 0 Å². The second kappa shape index (κ2) is 10.2. The van der Waals surface area contributed by atoms with E-state index in [1.165, 1.54) is 16.1 Å². The van der Waals surface area contributed by atoms with Crippen LogP contribution in [0.1, 0.15) is 31.7 Å². The summed E-state index contributed by atoms with van der Waals surface area (Å²) in [4.78, 5) is 38.3. The van der Waals surface area contributed by atoms with Gasteiger partial charge in [-0.3, -0.25) is 14.9 Å². The molecule has 10 nitrogen and oxygen atoms in total. The SMILES string of the molecule is CC(NC(CCc1ccccc1)C(=O)O)C(=O)N1C(C(=O)O)CC2CCN(S(C)(=O)=O)CC21. The molecule has 0 bridgehead atoms. The van der Waals surface area contributed by atoms with Gasteiger partial charge in [-0.2, -0.15) is 0 Å². The molecule has 0 aliphatic carbocycles. The van der Waals surface area contributed by atoms with Gasteiger partial charge >= 0.3 is 11.9 Å². The van der Waals surface area contributed by atoms with Gasteiger partial charge in [0.2, 0.25) is 15.9 Å². The van der Waals surface area contributed by atoms with Crippen molar-refractivity contribution in [3.05, 3.63) is 35.9 Å². The van der Waals surface area contributed by atoms with Gasteiger partial charge in [0.05, 0.1) is 12.3 Å². The number of amides is 1. The Labute approximate surface area is 193 Å². The maximum atomic E-state index is 13.3. The molecular weight excluding hydrogens is 450 g/mol. The molecule has 0 aromatic heterocycles. The Morgan fingerprint density at radius 3 is 2.42 bits per heavy atom. The van der Waals surface area contributed by atoms with Gasteiger partial charge in [0, 0.05) is 19.1 Å². The molecule has 5 atom stereocenters. The van der Waals surface area contributed by atoms with Gasteiger partial charge < -0.3 is 15.1 Å². The van der Waals surface area contributed by atoms with Gasteiger partial charge in [-0.05, 0) is 44.1 Å². The summed E-state index contributed by atoms with van der Waals surface area (Å²) < 4.78 is 25.4. The van der Waals surface area contributed by atoms with Crippen molar-refractivity contribution >= 4 is 27.9 Å². The Balaban J connectivity index is 1.73. The van der Waals surface area contributed by atoms with Crippen molar-refractivity contribution in [3.8, 4) is 0 Å². The highest BCUT2D eigenvalue weighted by Crippen LogP contribution is 2.37. The van der Waals surface area contributed by atoms with Crippen LogP contribution in [0.3, 0.4) is 0 Å². The number of carbonyl (C=O) groups is 3. The van der Waals surface area contributed by atoms with E-state index in [0.29, 0.717) is 19.4 Å². The number of piperidine rings is 1. The summed E-state index contributed by atoms with van der Waals surface area (Å²) in [6, 6.07) is 5.83. The number of hydrogen-bond donors (Lipinski definition) is 3. The first-order chi connectivity index (χ1) is 15.5. The summed E-state index contributed by atoms with van der Waals surface area (Å²) in [6.45, 7) is 1.86. The van der Waals surface area contributed by atoms with E-state index in [9.17, 15) is 33.0 Å². The summed E-state index contributed by atoms with van der Waals surface area (Å²) in [5.74, 6) is -2.89. The number of nitrogens with one attached hydrogen (secondary N) is 1. The maximum absolute atomic E-state index is 13.3. The molecule has 2 aliphatic rings. The molecule has 5 unspecified atom stereocenters. The molecule has 2 fully saturated rings. The minimum absolute atomic E-state index is 0.0438. The first kappa shape index (κ1) is 25.1. The standard InChI is InChI=1S/C22H31N3O7S/c1-14(23-17(21(27)28)9-8-15-6-4-3-5-7-15)20(26)25-18(22(29)30)12-16-10-11-24(13-19(16)25)33(2,31)32/h3-7,14,16-19,23H,8-13H2,1-2H3,(H,27,28)(H,29,30). The zero-order chi connectivity index (χ0) is 24.3. The van der Waals surface area contributed by atoms with Crippen molar-refractivity contribution in [2.75, 3.05) is 19.3 Å². The molecule has 11 heteroatoms. The highest BCUT2D eigenvalue weighted by molar-refractivity contribution is 7.88. The minimum Gasteiger partial charge on any atom is -0.480 e. The third-order valence-corrected chi connectivity index (χ3v) is 7.87. The van der Waals surface area contributed by atoms with E-state index in [4.69, 9.17) is 0 Å². The Kier molecular flexibility index (Phi) is 7.76. The quantitative estimate of drug-likeness (QED) is 0.459. The van der Waals surface area contributed by atoms with E-state index in [1.54, 1.807) is 0 Å². The lowest BCUT2D eigenvalue weighted by atomic mass is 9.92. The number of nitrogens with zero attached hydrogens (tertiary/aromatic N) is 2. The molecule has 3 rings (SSSR count). The Morgan fingerprint density at radius 2 is 1.85 bits per heavy atom. The van der Waals surface area contributed by atoms with Gasteiger partial charge in [-0.1, -0.05) is 30.3 Å². The number of carbonyl (C=O) groups excluding carboxylic acids is 1. The maximum Gasteiger partial charge on any atom is 0.326 e. The minimum atomic E-state index is -3.48. The van der Waals surface area contributed by atoms with E-state index in [2.05, 4.69) is 5.32 Å². The number of aliphatic carboxylic acids is 2. The highest BCUT2D eigenvalue weighted by atomic mass is 32.2. The van der Waals surface area contributed by atoms with Crippen molar-refractivity contribution in [1.82, 2.24) is 14.5 Å². The molecule has 2 aliphatic heterocycles. The van der Waals surface area contributed by atoms with E-state index < -0.39 is 52.0 Å². The lowest BCUT2D eigenvalue weighted by Crippen LogP contribution is -2.58. The zero-order valence-corrected chi connectivity index (χ0v) is 19.6. The van der Waals surface area contributed by atoms with Crippen molar-refractivity contribution in [2.45, 2.75) is 56.8 Å². The number of hydrogen-bond acceptors (Lipinski definition) is 6. The topological polar surface area (TPSA) is 144 Å². The molecule has 2 saturated heterocycles. The van der Waals surface area contributed by atoms with Crippen LogP contribution in [0.4, 0.5) is 0 Å². The first-order valence-electron chi connectivity index (χ1n) is 11.0. The number of fused-ring (bicyclic) bond motifs is 1. The van der Waals surface area contributed by atoms with E-state index in [0.717, 1.165) is 11.8 Å². The second-order valence-electron chi connectivity index (χ2n) is 8.88. The average molecular weight is 482 g/mol.